The van der Waals surface area contributed by atoms with Gasteiger partial charge in [0.1, 0.15) is 12.6 Å². The fourth-order valence-corrected chi connectivity index (χ4v) is 3.32. The maximum absolute atomic E-state index is 12.9. The number of carbonyl (C=O) groups is 3. The van der Waals surface area contributed by atoms with E-state index in [1.807, 2.05) is 30.3 Å². The molecular weight excluding hydrogens is 360 g/mol. The zero-order valence-electron chi connectivity index (χ0n) is 16.6. The molecule has 0 aliphatic heterocycles. The van der Waals surface area contributed by atoms with E-state index in [0.717, 1.165) is 24.8 Å². The first kappa shape index (κ1) is 21.9. The largest absolute Gasteiger partial charge is 0.480 e. The van der Waals surface area contributed by atoms with Crippen molar-refractivity contribution in [1.82, 2.24) is 10.2 Å². The number of carboxylic acids is 1. The van der Waals surface area contributed by atoms with Crippen LogP contribution in [0, 0.1) is 0 Å². The fourth-order valence-electron chi connectivity index (χ4n) is 3.32. The van der Waals surface area contributed by atoms with Gasteiger partial charge in [-0.15, -0.1) is 0 Å². The van der Waals surface area contributed by atoms with Crippen molar-refractivity contribution in [1.29, 1.82) is 0 Å². The van der Waals surface area contributed by atoms with Gasteiger partial charge < -0.3 is 14.7 Å². The molecule has 1 aliphatic rings. The number of aliphatic carboxylic acids is 1. The number of benzene rings is 1. The van der Waals surface area contributed by atoms with E-state index in [1.165, 1.54) is 4.90 Å². The highest BCUT2D eigenvalue weighted by Gasteiger charge is 2.34. The quantitative estimate of drug-likeness (QED) is 0.561. The van der Waals surface area contributed by atoms with Gasteiger partial charge in [0.05, 0.1) is 12.6 Å². The van der Waals surface area contributed by atoms with Gasteiger partial charge in [0.15, 0.2) is 0 Å². The van der Waals surface area contributed by atoms with E-state index in [9.17, 15) is 14.4 Å². The van der Waals surface area contributed by atoms with Gasteiger partial charge in [-0.05, 0) is 51.5 Å². The minimum Gasteiger partial charge on any atom is -0.480 e. The first-order valence-corrected chi connectivity index (χ1v) is 9.91. The number of esters is 1. The summed E-state index contributed by atoms with van der Waals surface area (Å²) in [6.45, 7) is 3.36. The van der Waals surface area contributed by atoms with Gasteiger partial charge in [0.25, 0.3) is 0 Å². The molecule has 1 aliphatic carbocycles. The van der Waals surface area contributed by atoms with Crippen molar-refractivity contribution in [3.05, 3.63) is 35.9 Å². The average Bonchev–Trinajstić information content (AvgIpc) is 2.63. The molecule has 0 radical (unpaired) electrons. The second-order valence-corrected chi connectivity index (χ2v) is 7.16. The van der Waals surface area contributed by atoms with Crippen LogP contribution < -0.4 is 5.32 Å². The summed E-state index contributed by atoms with van der Waals surface area (Å²) in [4.78, 5) is 37.8. The van der Waals surface area contributed by atoms with E-state index in [4.69, 9.17) is 9.84 Å². The zero-order chi connectivity index (χ0) is 20.5. The molecule has 0 bridgehead atoms. The van der Waals surface area contributed by atoms with Gasteiger partial charge in [-0.3, -0.25) is 19.7 Å². The van der Waals surface area contributed by atoms with Gasteiger partial charge in [-0.25, -0.2) is 0 Å². The summed E-state index contributed by atoms with van der Waals surface area (Å²) in [5.41, 5.74) is 1.10. The molecule has 0 spiro atoms. The van der Waals surface area contributed by atoms with E-state index in [-0.39, 0.29) is 25.1 Å². The van der Waals surface area contributed by atoms with Gasteiger partial charge in [0.2, 0.25) is 5.91 Å². The Kier molecular flexibility index (Phi) is 8.44. The van der Waals surface area contributed by atoms with Crippen LogP contribution in [0.5, 0.6) is 0 Å². The molecule has 2 rings (SSSR count). The average molecular weight is 390 g/mol. The Morgan fingerprint density at radius 2 is 1.93 bits per heavy atom. The second-order valence-electron chi connectivity index (χ2n) is 7.16. The van der Waals surface area contributed by atoms with Gasteiger partial charge in [0, 0.05) is 6.04 Å². The maximum Gasteiger partial charge on any atom is 0.323 e. The summed E-state index contributed by atoms with van der Waals surface area (Å²) >= 11 is 0. The Labute approximate surface area is 166 Å². The molecule has 1 aromatic rings. The summed E-state index contributed by atoms with van der Waals surface area (Å²) in [5, 5.41) is 12.2. The Balaban J connectivity index is 2.02. The third-order valence-electron chi connectivity index (χ3n) is 5.06. The highest BCUT2D eigenvalue weighted by Crippen LogP contribution is 2.25. The lowest BCUT2D eigenvalue weighted by atomic mass is 9.91. The predicted molar refractivity (Wildman–Crippen MR) is 105 cm³/mol. The molecule has 0 saturated heterocycles. The van der Waals surface area contributed by atoms with Crippen molar-refractivity contribution < 1.29 is 24.2 Å². The molecule has 1 amide bonds. The number of aryl methyl sites for hydroxylation is 1. The first-order chi connectivity index (χ1) is 13.4. The predicted octanol–water partition coefficient (Wildman–Crippen LogP) is 1.99. The lowest BCUT2D eigenvalue weighted by Crippen LogP contribution is -2.55. The van der Waals surface area contributed by atoms with E-state index in [1.54, 1.807) is 13.8 Å². The normalized spacial score (nSPS) is 15.9. The lowest BCUT2D eigenvalue weighted by Gasteiger charge is -2.38. The monoisotopic (exact) mass is 390 g/mol. The van der Waals surface area contributed by atoms with E-state index < -0.39 is 24.0 Å². The number of carboxylic acid groups (broad SMARTS) is 1. The second kappa shape index (κ2) is 10.8. The SMILES string of the molecule is CCOC(=O)C(CCc1ccccc1)N[C@@H](C)C(=O)N(CC(=O)O)C1CCC1. The van der Waals surface area contributed by atoms with Crippen LogP contribution in [0.2, 0.25) is 0 Å². The Hall–Kier alpha value is -2.41. The van der Waals surface area contributed by atoms with Crippen LogP contribution in [-0.2, 0) is 25.5 Å². The molecule has 28 heavy (non-hydrogen) atoms. The Morgan fingerprint density at radius 3 is 2.46 bits per heavy atom. The molecule has 7 nitrogen and oxygen atoms in total. The molecule has 0 heterocycles. The molecule has 2 atom stereocenters. The molecule has 1 fully saturated rings. The number of rotatable bonds is 11. The number of carbonyl (C=O) groups excluding carboxylic acids is 2. The summed E-state index contributed by atoms with van der Waals surface area (Å²) in [6, 6.07) is 8.45. The molecule has 7 heteroatoms. The fraction of sp³-hybridized carbons (Fsp3) is 0.571. The summed E-state index contributed by atoms with van der Waals surface area (Å²) in [7, 11) is 0. The van der Waals surface area contributed by atoms with Crippen LogP contribution in [0.3, 0.4) is 0 Å². The number of amides is 1. The topological polar surface area (TPSA) is 95.9 Å². The molecular formula is C21H30N2O5. The van der Waals surface area contributed by atoms with Crippen LogP contribution in [-0.4, -0.2) is 59.1 Å². The third-order valence-corrected chi connectivity index (χ3v) is 5.06. The minimum absolute atomic E-state index is 0.0294. The maximum atomic E-state index is 12.9. The summed E-state index contributed by atoms with van der Waals surface area (Å²) in [5.74, 6) is -1.72. The van der Waals surface area contributed by atoms with Crippen LogP contribution in [0.25, 0.3) is 0 Å². The summed E-state index contributed by atoms with van der Waals surface area (Å²) < 4.78 is 5.16. The molecule has 1 aromatic carbocycles. The van der Waals surface area contributed by atoms with Crippen molar-refractivity contribution in [2.45, 2.75) is 64.1 Å². The van der Waals surface area contributed by atoms with Crippen LogP contribution in [0.4, 0.5) is 0 Å². The van der Waals surface area contributed by atoms with Crippen LogP contribution in [0.15, 0.2) is 30.3 Å². The Bertz CT molecular complexity index is 660. The van der Waals surface area contributed by atoms with Crippen LogP contribution in [0.1, 0.15) is 45.1 Å². The van der Waals surface area contributed by atoms with E-state index in [2.05, 4.69) is 5.32 Å². The smallest absolute Gasteiger partial charge is 0.323 e. The van der Waals surface area contributed by atoms with Crippen LogP contribution >= 0.6 is 0 Å². The van der Waals surface area contributed by atoms with Gasteiger partial charge in [-0.1, -0.05) is 30.3 Å². The Morgan fingerprint density at radius 1 is 1.25 bits per heavy atom. The third kappa shape index (κ3) is 6.34. The molecule has 1 unspecified atom stereocenters. The standard InChI is InChI=1S/C21H30N2O5/c1-3-28-21(27)18(13-12-16-8-5-4-6-9-16)22-15(2)20(26)23(14-19(24)25)17-10-7-11-17/h4-6,8-9,15,17-18,22H,3,7,10-14H2,1-2H3,(H,24,25)/t15-,18?/m0/s1. The van der Waals surface area contributed by atoms with Crippen molar-refractivity contribution in [3.63, 3.8) is 0 Å². The highest BCUT2D eigenvalue weighted by molar-refractivity contribution is 5.86. The number of nitrogens with one attached hydrogen (secondary N) is 1. The van der Waals surface area contributed by atoms with E-state index in [0.29, 0.717) is 12.8 Å². The van der Waals surface area contributed by atoms with E-state index >= 15 is 0 Å². The van der Waals surface area contributed by atoms with Crippen molar-refractivity contribution in [2.24, 2.45) is 0 Å². The van der Waals surface area contributed by atoms with Crippen molar-refractivity contribution in [3.8, 4) is 0 Å². The van der Waals surface area contributed by atoms with Gasteiger partial charge in [-0.2, -0.15) is 0 Å². The zero-order valence-corrected chi connectivity index (χ0v) is 16.6. The molecule has 1 saturated carbocycles. The van der Waals surface area contributed by atoms with Crippen molar-refractivity contribution >= 4 is 17.8 Å². The molecule has 0 aromatic heterocycles. The number of nitrogens with zero attached hydrogens (tertiary/aromatic N) is 1. The number of hydrogen-bond donors (Lipinski definition) is 2. The van der Waals surface area contributed by atoms with Crippen molar-refractivity contribution in [2.75, 3.05) is 13.2 Å². The van der Waals surface area contributed by atoms with Gasteiger partial charge >= 0.3 is 11.9 Å². The number of ether oxygens (including phenoxy) is 1. The number of hydrogen-bond acceptors (Lipinski definition) is 5. The lowest BCUT2D eigenvalue weighted by molar-refractivity contribution is -0.150. The molecule has 154 valence electrons. The first-order valence-electron chi connectivity index (χ1n) is 9.91. The minimum atomic E-state index is -1.03. The summed E-state index contributed by atoms with van der Waals surface area (Å²) in [6.07, 6.45) is 3.79. The highest BCUT2D eigenvalue weighted by atomic mass is 16.5. The molecule has 2 N–H and O–H groups in total.